The number of nitrogens with two attached hydrogens (primary N) is 1. The summed E-state index contributed by atoms with van der Waals surface area (Å²) >= 11 is 5.03. The summed E-state index contributed by atoms with van der Waals surface area (Å²) in [5, 5.41) is 0. The second-order valence-corrected chi connectivity index (χ2v) is 6.32. The van der Waals surface area contributed by atoms with Crippen LogP contribution in [0.15, 0.2) is 24.3 Å². The van der Waals surface area contributed by atoms with Gasteiger partial charge in [-0.3, -0.25) is 4.79 Å². The van der Waals surface area contributed by atoms with Gasteiger partial charge >= 0.3 is 0 Å². The van der Waals surface area contributed by atoms with E-state index < -0.39 is 6.10 Å². The van der Waals surface area contributed by atoms with E-state index >= 15 is 0 Å². The van der Waals surface area contributed by atoms with Crippen LogP contribution in [-0.4, -0.2) is 23.5 Å². The molecule has 1 heterocycles. The maximum Gasteiger partial charge on any atom is 0.267 e. The van der Waals surface area contributed by atoms with Gasteiger partial charge in [0, 0.05) is 13.0 Å². The van der Waals surface area contributed by atoms with Crippen LogP contribution in [0.4, 0.5) is 5.69 Å². The van der Waals surface area contributed by atoms with E-state index in [-0.39, 0.29) is 11.3 Å². The first kappa shape index (κ1) is 13.4. The molecule has 2 aliphatic rings. The van der Waals surface area contributed by atoms with Crippen molar-refractivity contribution in [2.24, 2.45) is 11.1 Å². The van der Waals surface area contributed by atoms with Crippen molar-refractivity contribution in [2.45, 2.75) is 32.3 Å². The fourth-order valence-corrected chi connectivity index (χ4v) is 3.10. The summed E-state index contributed by atoms with van der Waals surface area (Å²) in [6.07, 6.45) is 2.42. The van der Waals surface area contributed by atoms with Crippen molar-refractivity contribution < 1.29 is 9.53 Å². The summed E-state index contributed by atoms with van der Waals surface area (Å²) in [6, 6.07) is 7.67. The Morgan fingerprint density at radius 3 is 2.85 bits per heavy atom. The molecule has 1 aliphatic carbocycles. The number of ether oxygens (including phenoxy) is 1. The van der Waals surface area contributed by atoms with Gasteiger partial charge < -0.3 is 15.4 Å². The molecule has 0 spiro atoms. The molecular weight excluding hydrogens is 272 g/mol. The molecule has 1 unspecified atom stereocenters. The molecule has 5 heteroatoms. The van der Waals surface area contributed by atoms with Gasteiger partial charge in [-0.05, 0) is 37.3 Å². The van der Waals surface area contributed by atoms with E-state index in [0.717, 1.165) is 24.3 Å². The molecule has 0 saturated heterocycles. The Labute approximate surface area is 123 Å². The number of fused-ring (bicyclic) bond motifs is 1. The van der Waals surface area contributed by atoms with E-state index in [1.165, 1.54) is 0 Å². The third kappa shape index (κ3) is 2.38. The molecule has 106 valence electrons. The highest BCUT2D eigenvalue weighted by atomic mass is 32.1. The van der Waals surface area contributed by atoms with E-state index in [1.807, 2.05) is 29.2 Å². The fraction of sp³-hybridized carbons (Fsp3) is 0.467. The molecule has 1 fully saturated rings. The Bertz CT molecular complexity index is 569. The van der Waals surface area contributed by atoms with Crippen LogP contribution >= 0.6 is 12.2 Å². The van der Waals surface area contributed by atoms with Crippen LogP contribution in [-0.2, 0) is 4.79 Å². The fourth-order valence-electron chi connectivity index (χ4n) is 2.79. The number of rotatable bonds is 4. The molecule has 1 aromatic carbocycles. The van der Waals surface area contributed by atoms with Gasteiger partial charge in [0.05, 0.1) is 10.7 Å². The standard InChI is InChI=1S/C15H18N2O2S/c1-10-14(18)17(9-15(6-7-15)8-13(16)20)11-4-2-3-5-12(11)19-10/h2-5,10H,6-9H2,1H3,(H2,16,20). The molecule has 4 nitrogen and oxygen atoms in total. The van der Waals surface area contributed by atoms with Crippen molar-refractivity contribution >= 4 is 28.8 Å². The van der Waals surface area contributed by atoms with E-state index in [0.29, 0.717) is 18.0 Å². The number of para-hydroxylation sites is 2. The molecule has 1 aliphatic heterocycles. The summed E-state index contributed by atoms with van der Waals surface area (Å²) in [6.45, 7) is 2.46. The van der Waals surface area contributed by atoms with Crippen LogP contribution in [0.1, 0.15) is 26.2 Å². The summed E-state index contributed by atoms with van der Waals surface area (Å²) in [5.41, 5.74) is 6.61. The van der Waals surface area contributed by atoms with Gasteiger partial charge in [-0.25, -0.2) is 0 Å². The Morgan fingerprint density at radius 1 is 1.50 bits per heavy atom. The lowest BCUT2D eigenvalue weighted by molar-refractivity contribution is -0.125. The average Bonchev–Trinajstić information content (AvgIpc) is 3.14. The zero-order valence-corrected chi connectivity index (χ0v) is 12.3. The Kier molecular flexibility index (Phi) is 3.17. The molecule has 0 radical (unpaired) electrons. The first-order valence-electron chi connectivity index (χ1n) is 6.86. The third-order valence-corrected chi connectivity index (χ3v) is 4.22. The van der Waals surface area contributed by atoms with Crippen LogP contribution in [0.2, 0.25) is 0 Å². The van der Waals surface area contributed by atoms with Crippen LogP contribution in [0, 0.1) is 5.41 Å². The first-order chi connectivity index (χ1) is 9.51. The maximum atomic E-state index is 12.4. The number of nitrogens with zero attached hydrogens (tertiary/aromatic N) is 1. The SMILES string of the molecule is CC1Oc2ccccc2N(CC2(CC(N)=S)CC2)C1=O. The summed E-state index contributed by atoms with van der Waals surface area (Å²) in [4.78, 5) is 14.8. The van der Waals surface area contributed by atoms with Crippen molar-refractivity contribution in [1.29, 1.82) is 0 Å². The van der Waals surface area contributed by atoms with Crippen molar-refractivity contribution in [2.75, 3.05) is 11.4 Å². The highest BCUT2D eigenvalue weighted by Gasteiger charge is 2.47. The normalized spacial score (nSPS) is 22.9. The van der Waals surface area contributed by atoms with Crippen molar-refractivity contribution in [3.8, 4) is 5.75 Å². The molecule has 1 atom stereocenters. The lowest BCUT2D eigenvalue weighted by atomic mass is 10.0. The smallest absolute Gasteiger partial charge is 0.267 e. The second-order valence-electron chi connectivity index (χ2n) is 5.80. The van der Waals surface area contributed by atoms with Crippen LogP contribution in [0.5, 0.6) is 5.75 Å². The minimum atomic E-state index is -0.439. The minimum Gasteiger partial charge on any atom is -0.479 e. The minimum absolute atomic E-state index is 0.0120. The predicted molar refractivity (Wildman–Crippen MR) is 82.0 cm³/mol. The Morgan fingerprint density at radius 2 is 2.20 bits per heavy atom. The van der Waals surface area contributed by atoms with Gasteiger partial charge in [0.15, 0.2) is 6.10 Å². The highest BCUT2D eigenvalue weighted by molar-refractivity contribution is 7.80. The largest absolute Gasteiger partial charge is 0.479 e. The number of amides is 1. The number of anilines is 1. The summed E-state index contributed by atoms with van der Waals surface area (Å²) < 4.78 is 5.65. The molecule has 20 heavy (non-hydrogen) atoms. The van der Waals surface area contributed by atoms with Gasteiger partial charge in [0.25, 0.3) is 5.91 Å². The molecule has 0 aromatic heterocycles. The van der Waals surface area contributed by atoms with Crippen LogP contribution in [0.25, 0.3) is 0 Å². The Balaban J connectivity index is 1.88. The molecule has 1 saturated carbocycles. The van der Waals surface area contributed by atoms with Gasteiger partial charge in [-0.2, -0.15) is 0 Å². The zero-order chi connectivity index (χ0) is 14.3. The number of thiocarbonyl (C=S) groups is 1. The summed E-state index contributed by atoms with van der Waals surface area (Å²) in [5.74, 6) is 0.781. The lowest BCUT2D eigenvalue weighted by Crippen LogP contribution is -2.47. The molecule has 2 N–H and O–H groups in total. The number of hydrogen-bond donors (Lipinski definition) is 1. The predicted octanol–water partition coefficient (Wildman–Crippen LogP) is 2.26. The molecule has 3 rings (SSSR count). The quantitative estimate of drug-likeness (QED) is 0.864. The molecule has 0 bridgehead atoms. The van der Waals surface area contributed by atoms with E-state index in [4.69, 9.17) is 22.7 Å². The molecule has 1 amide bonds. The van der Waals surface area contributed by atoms with Crippen molar-refractivity contribution in [3.05, 3.63) is 24.3 Å². The number of hydrogen-bond acceptors (Lipinski definition) is 3. The number of carbonyl (C=O) groups is 1. The Hall–Kier alpha value is -1.62. The van der Waals surface area contributed by atoms with Crippen LogP contribution < -0.4 is 15.4 Å². The third-order valence-electron chi connectivity index (χ3n) is 4.07. The van der Waals surface area contributed by atoms with Gasteiger partial charge in [0.1, 0.15) is 5.75 Å². The van der Waals surface area contributed by atoms with Gasteiger partial charge in [0.2, 0.25) is 0 Å². The van der Waals surface area contributed by atoms with E-state index in [9.17, 15) is 4.79 Å². The monoisotopic (exact) mass is 290 g/mol. The highest BCUT2D eigenvalue weighted by Crippen LogP contribution is 2.51. The lowest BCUT2D eigenvalue weighted by Gasteiger charge is -2.35. The average molecular weight is 290 g/mol. The molecule has 1 aromatic rings. The van der Waals surface area contributed by atoms with E-state index in [1.54, 1.807) is 6.92 Å². The van der Waals surface area contributed by atoms with E-state index in [2.05, 4.69) is 0 Å². The van der Waals surface area contributed by atoms with Crippen molar-refractivity contribution in [1.82, 2.24) is 0 Å². The van der Waals surface area contributed by atoms with Crippen LogP contribution in [0.3, 0.4) is 0 Å². The summed E-state index contributed by atoms with van der Waals surface area (Å²) in [7, 11) is 0. The number of carbonyl (C=O) groups excluding carboxylic acids is 1. The topological polar surface area (TPSA) is 55.6 Å². The molecular formula is C15H18N2O2S. The van der Waals surface area contributed by atoms with Gasteiger partial charge in [-0.1, -0.05) is 24.4 Å². The number of benzene rings is 1. The first-order valence-corrected chi connectivity index (χ1v) is 7.27. The van der Waals surface area contributed by atoms with Gasteiger partial charge in [-0.15, -0.1) is 0 Å². The maximum absolute atomic E-state index is 12.4. The second kappa shape index (κ2) is 4.74. The van der Waals surface area contributed by atoms with Crippen molar-refractivity contribution in [3.63, 3.8) is 0 Å². The zero-order valence-electron chi connectivity index (χ0n) is 11.5.